The first-order valence-corrected chi connectivity index (χ1v) is 8.84. The first-order valence-electron chi connectivity index (χ1n) is 8.84. The minimum absolute atomic E-state index is 0.0560. The van der Waals surface area contributed by atoms with Crippen molar-refractivity contribution in [1.82, 2.24) is 14.7 Å². The van der Waals surface area contributed by atoms with Gasteiger partial charge in [0.05, 0.1) is 25.0 Å². The predicted octanol–water partition coefficient (Wildman–Crippen LogP) is 1.40. The monoisotopic (exact) mass is 335 g/mol. The molecule has 1 aromatic heterocycles. The molecule has 24 heavy (non-hydrogen) atoms. The van der Waals surface area contributed by atoms with Gasteiger partial charge >= 0.3 is 0 Å². The van der Waals surface area contributed by atoms with Gasteiger partial charge in [0.15, 0.2) is 0 Å². The molecular weight excluding hydrogens is 306 g/mol. The fourth-order valence-corrected chi connectivity index (χ4v) is 3.81. The smallest absolute Gasteiger partial charge is 0.257 e. The van der Waals surface area contributed by atoms with E-state index in [0.717, 1.165) is 65.3 Å². The molecule has 0 unspecified atom stereocenters. The minimum Gasteiger partial charge on any atom is -0.472 e. The predicted molar refractivity (Wildman–Crippen MR) is 92.1 cm³/mol. The van der Waals surface area contributed by atoms with Gasteiger partial charge in [-0.3, -0.25) is 9.69 Å². The first-order chi connectivity index (χ1) is 11.6. The standard InChI is InChI=1S/C18H29N3O3/c1-19(2)7-8-20-9-11-24-15-18(13-20)5-3-6-21(14-18)17(22)16-4-10-23-12-16/h4,10,12H,3,5-9,11,13-15H2,1-2H3/t18-/m1/s1. The molecule has 1 aromatic rings. The number of hydrogen-bond donors (Lipinski definition) is 0. The highest BCUT2D eigenvalue weighted by atomic mass is 16.5. The van der Waals surface area contributed by atoms with E-state index < -0.39 is 0 Å². The third-order valence-corrected chi connectivity index (χ3v) is 5.10. The molecule has 0 aliphatic carbocycles. The molecule has 3 heterocycles. The zero-order chi connectivity index (χ0) is 17.0. The van der Waals surface area contributed by atoms with Gasteiger partial charge in [-0.25, -0.2) is 0 Å². The summed E-state index contributed by atoms with van der Waals surface area (Å²) >= 11 is 0. The number of likely N-dealkylation sites (N-methyl/N-ethyl adjacent to an activating group) is 1. The molecule has 134 valence electrons. The molecule has 6 nitrogen and oxygen atoms in total. The van der Waals surface area contributed by atoms with E-state index >= 15 is 0 Å². The van der Waals surface area contributed by atoms with Gasteiger partial charge in [0.25, 0.3) is 5.91 Å². The van der Waals surface area contributed by atoms with Crippen LogP contribution in [0.2, 0.25) is 0 Å². The molecule has 0 N–H and O–H groups in total. The summed E-state index contributed by atoms with van der Waals surface area (Å²) in [5, 5.41) is 0. The topological polar surface area (TPSA) is 49.2 Å². The van der Waals surface area contributed by atoms with Crippen LogP contribution in [0.4, 0.5) is 0 Å². The Bertz CT molecular complexity index is 532. The number of nitrogens with zero attached hydrogens (tertiary/aromatic N) is 3. The lowest BCUT2D eigenvalue weighted by Crippen LogP contribution is -2.52. The van der Waals surface area contributed by atoms with Crippen LogP contribution in [-0.2, 0) is 4.74 Å². The highest BCUT2D eigenvalue weighted by Crippen LogP contribution is 2.33. The Balaban J connectivity index is 1.67. The molecule has 0 bridgehead atoms. The molecule has 0 saturated carbocycles. The number of rotatable bonds is 4. The fraction of sp³-hybridized carbons (Fsp3) is 0.722. The van der Waals surface area contributed by atoms with Crippen molar-refractivity contribution >= 4 is 5.91 Å². The quantitative estimate of drug-likeness (QED) is 0.832. The van der Waals surface area contributed by atoms with Crippen LogP contribution in [0.1, 0.15) is 23.2 Å². The molecule has 0 aromatic carbocycles. The van der Waals surface area contributed by atoms with E-state index in [4.69, 9.17) is 9.15 Å². The van der Waals surface area contributed by atoms with Gasteiger partial charge in [0.2, 0.25) is 0 Å². The van der Waals surface area contributed by atoms with E-state index in [1.165, 1.54) is 6.26 Å². The van der Waals surface area contributed by atoms with Gasteiger partial charge in [-0.1, -0.05) is 0 Å². The number of piperidine rings is 1. The maximum absolute atomic E-state index is 12.7. The number of amides is 1. The lowest BCUT2D eigenvalue weighted by Gasteiger charge is -2.43. The number of hydrogen-bond acceptors (Lipinski definition) is 5. The van der Waals surface area contributed by atoms with Gasteiger partial charge < -0.3 is 19.0 Å². The number of furan rings is 1. The van der Waals surface area contributed by atoms with E-state index in [-0.39, 0.29) is 11.3 Å². The second kappa shape index (κ2) is 7.68. The van der Waals surface area contributed by atoms with Crippen LogP contribution in [0, 0.1) is 5.41 Å². The van der Waals surface area contributed by atoms with E-state index in [9.17, 15) is 4.79 Å². The van der Waals surface area contributed by atoms with E-state index in [1.807, 2.05) is 4.90 Å². The highest BCUT2D eigenvalue weighted by Gasteiger charge is 2.40. The summed E-state index contributed by atoms with van der Waals surface area (Å²) in [5.41, 5.74) is 0.701. The zero-order valence-electron chi connectivity index (χ0n) is 14.9. The average molecular weight is 335 g/mol. The Labute approximate surface area is 144 Å². The van der Waals surface area contributed by atoms with Crippen molar-refractivity contribution in [3.63, 3.8) is 0 Å². The van der Waals surface area contributed by atoms with Crippen LogP contribution in [0.3, 0.4) is 0 Å². The summed E-state index contributed by atoms with van der Waals surface area (Å²) in [6, 6.07) is 1.75. The molecule has 2 saturated heterocycles. The molecule has 6 heteroatoms. The lowest BCUT2D eigenvalue weighted by molar-refractivity contribution is 0.00714. The largest absolute Gasteiger partial charge is 0.472 e. The molecule has 3 rings (SSSR count). The van der Waals surface area contributed by atoms with Crippen molar-refractivity contribution in [2.24, 2.45) is 5.41 Å². The van der Waals surface area contributed by atoms with Crippen molar-refractivity contribution < 1.29 is 13.9 Å². The number of carbonyl (C=O) groups excluding carboxylic acids is 1. The van der Waals surface area contributed by atoms with Crippen LogP contribution in [0.15, 0.2) is 23.0 Å². The molecule has 1 spiro atoms. The summed E-state index contributed by atoms with van der Waals surface area (Å²) in [4.78, 5) is 19.4. The highest BCUT2D eigenvalue weighted by molar-refractivity contribution is 5.93. The van der Waals surface area contributed by atoms with Crippen molar-refractivity contribution in [3.05, 3.63) is 24.2 Å². The lowest BCUT2D eigenvalue weighted by atomic mass is 9.80. The summed E-state index contributed by atoms with van der Waals surface area (Å²) < 4.78 is 11.0. The molecule has 1 atom stereocenters. The Kier molecular flexibility index (Phi) is 5.58. The molecular formula is C18H29N3O3. The van der Waals surface area contributed by atoms with Gasteiger partial charge in [-0.05, 0) is 33.0 Å². The SMILES string of the molecule is CN(C)CCN1CCOC[C@]2(CCCN(C(=O)c3ccoc3)C2)C1. The summed E-state index contributed by atoms with van der Waals surface area (Å²) in [7, 11) is 4.21. The minimum atomic E-state index is 0.0560. The second-order valence-electron chi connectivity index (χ2n) is 7.47. The number of ether oxygens (including phenoxy) is 1. The first kappa shape index (κ1) is 17.5. The van der Waals surface area contributed by atoms with Gasteiger partial charge in [-0.15, -0.1) is 0 Å². The number of likely N-dealkylation sites (tertiary alicyclic amines) is 1. The van der Waals surface area contributed by atoms with Crippen LogP contribution in [0.5, 0.6) is 0 Å². The van der Waals surface area contributed by atoms with E-state index in [0.29, 0.717) is 5.56 Å². The van der Waals surface area contributed by atoms with Gasteiger partial charge in [0.1, 0.15) is 6.26 Å². The van der Waals surface area contributed by atoms with Crippen molar-refractivity contribution in [3.8, 4) is 0 Å². The maximum atomic E-state index is 12.7. The fourth-order valence-electron chi connectivity index (χ4n) is 3.81. The van der Waals surface area contributed by atoms with Gasteiger partial charge in [-0.2, -0.15) is 0 Å². The van der Waals surface area contributed by atoms with Crippen LogP contribution < -0.4 is 0 Å². The van der Waals surface area contributed by atoms with E-state index in [2.05, 4.69) is 23.9 Å². The van der Waals surface area contributed by atoms with E-state index in [1.54, 1.807) is 12.3 Å². The molecule has 2 fully saturated rings. The maximum Gasteiger partial charge on any atom is 0.257 e. The Hall–Kier alpha value is -1.37. The third-order valence-electron chi connectivity index (χ3n) is 5.10. The third kappa shape index (κ3) is 4.18. The summed E-state index contributed by atoms with van der Waals surface area (Å²) in [6.07, 6.45) is 5.26. The normalized spacial score (nSPS) is 26.0. The Morgan fingerprint density at radius 1 is 1.33 bits per heavy atom. The zero-order valence-corrected chi connectivity index (χ0v) is 14.9. The molecule has 0 radical (unpaired) electrons. The van der Waals surface area contributed by atoms with Crippen molar-refractivity contribution in [1.29, 1.82) is 0 Å². The summed E-state index contributed by atoms with van der Waals surface area (Å²) in [6.45, 7) is 7.22. The van der Waals surface area contributed by atoms with Crippen molar-refractivity contribution in [2.45, 2.75) is 12.8 Å². The molecule has 2 aliphatic rings. The van der Waals surface area contributed by atoms with Crippen molar-refractivity contribution in [2.75, 3.05) is 66.6 Å². The van der Waals surface area contributed by atoms with Gasteiger partial charge in [0, 0.05) is 44.7 Å². The van der Waals surface area contributed by atoms with Crippen LogP contribution >= 0.6 is 0 Å². The Morgan fingerprint density at radius 2 is 2.21 bits per heavy atom. The Morgan fingerprint density at radius 3 is 2.96 bits per heavy atom. The van der Waals surface area contributed by atoms with Crippen LogP contribution in [-0.4, -0.2) is 87.2 Å². The molecule has 1 amide bonds. The second-order valence-corrected chi connectivity index (χ2v) is 7.47. The number of carbonyl (C=O) groups is 1. The molecule has 2 aliphatic heterocycles. The van der Waals surface area contributed by atoms with Crippen LogP contribution in [0.25, 0.3) is 0 Å². The summed E-state index contributed by atoms with van der Waals surface area (Å²) in [5.74, 6) is 0.0758. The average Bonchev–Trinajstić information content (AvgIpc) is 3.03.